The third-order valence-electron chi connectivity index (χ3n) is 6.65. The van der Waals surface area contributed by atoms with Crippen molar-refractivity contribution in [1.29, 1.82) is 0 Å². The number of hydrogen-bond acceptors (Lipinski definition) is 3. The Kier molecular flexibility index (Phi) is 7.21. The Balaban J connectivity index is 1.88. The van der Waals surface area contributed by atoms with Gasteiger partial charge in [0.05, 0.1) is 0 Å². The predicted octanol–water partition coefficient (Wildman–Crippen LogP) is 6.83. The summed E-state index contributed by atoms with van der Waals surface area (Å²) in [7, 11) is 6.70. The minimum absolute atomic E-state index is 0.205. The summed E-state index contributed by atoms with van der Waals surface area (Å²) in [5.74, 6) is 0.908. The van der Waals surface area contributed by atoms with E-state index in [4.69, 9.17) is 9.19 Å². The molecule has 2 aliphatic rings. The van der Waals surface area contributed by atoms with Crippen molar-refractivity contribution in [3.8, 4) is 0 Å². The van der Waals surface area contributed by atoms with Crippen molar-refractivity contribution in [3.05, 3.63) is 59.2 Å². The van der Waals surface area contributed by atoms with E-state index < -0.39 is 0 Å². The van der Waals surface area contributed by atoms with E-state index >= 15 is 0 Å². The third-order valence-corrected chi connectivity index (χ3v) is 8.47. The Morgan fingerprint density at radius 2 is 1.59 bits per heavy atom. The van der Waals surface area contributed by atoms with Crippen LogP contribution in [0.25, 0.3) is 6.08 Å². The number of fused-ring (bicyclic) bond motifs is 3. The summed E-state index contributed by atoms with van der Waals surface area (Å²) in [6.07, 6.45) is 4.63. The monoisotopic (exact) mass is 543 g/mol. The molecule has 0 radical (unpaired) electrons. The van der Waals surface area contributed by atoms with Crippen LogP contribution in [-0.4, -0.2) is 29.6 Å². The molecule has 0 aromatic heterocycles. The predicted molar refractivity (Wildman–Crippen MR) is 138 cm³/mol. The first kappa shape index (κ1) is 23.6. The number of halogens is 1. The van der Waals surface area contributed by atoms with Gasteiger partial charge in [-0.3, -0.25) is 0 Å². The molecule has 3 nitrogen and oxygen atoms in total. The first-order valence-electron chi connectivity index (χ1n) is 11.7. The second-order valence-corrected chi connectivity index (χ2v) is 10.9. The van der Waals surface area contributed by atoms with Gasteiger partial charge in [0.15, 0.2) is 0 Å². The molecule has 0 bridgehead atoms. The Bertz CT molecular complexity index is 1010. The first-order valence-corrected chi connectivity index (χ1v) is 14.4. The molecule has 2 heterocycles. The van der Waals surface area contributed by atoms with Gasteiger partial charge in [-0.25, -0.2) is 0 Å². The molecule has 0 N–H and O–H groups in total. The topological polar surface area (TPSA) is 9.72 Å². The number of rotatable bonds is 6. The zero-order chi connectivity index (χ0) is 23.0. The van der Waals surface area contributed by atoms with E-state index in [0.29, 0.717) is 11.8 Å². The van der Waals surface area contributed by atoms with Crippen LogP contribution in [0.3, 0.4) is 0 Å². The van der Waals surface area contributed by atoms with E-state index in [1.807, 2.05) is 0 Å². The van der Waals surface area contributed by atoms with Crippen molar-refractivity contribution in [1.82, 2.24) is 0 Å². The number of anilines is 3. The van der Waals surface area contributed by atoms with Crippen LogP contribution in [0.1, 0.15) is 70.1 Å². The van der Waals surface area contributed by atoms with Gasteiger partial charge in [-0.1, -0.05) is 0 Å². The van der Waals surface area contributed by atoms with Crippen LogP contribution >= 0.6 is 9.19 Å². The van der Waals surface area contributed by atoms with E-state index in [2.05, 4.69) is 105 Å². The van der Waals surface area contributed by atoms with Gasteiger partial charge in [-0.15, -0.1) is 0 Å². The second-order valence-electron chi connectivity index (χ2n) is 9.17. The molecular formula is C27H35AgClN3-2. The summed E-state index contributed by atoms with van der Waals surface area (Å²) in [6, 6.07) is 13.7. The fourth-order valence-electron chi connectivity index (χ4n) is 5.03. The summed E-state index contributed by atoms with van der Waals surface area (Å²) < 4.78 is 1.31. The van der Waals surface area contributed by atoms with Crippen LogP contribution in [0.4, 0.5) is 17.1 Å². The van der Waals surface area contributed by atoms with Crippen LogP contribution in [0.2, 0.25) is 0 Å². The van der Waals surface area contributed by atoms with E-state index in [-0.39, 0.29) is 24.2 Å². The van der Waals surface area contributed by atoms with Crippen LogP contribution in [0, 0.1) is 0 Å². The molecule has 2 aromatic rings. The normalized spacial score (nSPS) is 19.2. The van der Waals surface area contributed by atoms with Crippen molar-refractivity contribution in [2.45, 2.75) is 59.4 Å². The molecule has 1 unspecified atom stereocenters. The standard InChI is InChI=1S/C27H35N3.Ag.ClH/c1-7-28(8-2)25-14-9-11-21-15-16-22-17-29(18-30(22)26(21)25)27-23(19(3)4)12-10-13-24(27)20(5)6;;/h9-16,19-20,22H,7-8,18H2,1-6H3;;1H/q;-1;/p-1. The van der Waals surface area contributed by atoms with Gasteiger partial charge in [-0.05, 0) is 0 Å². The molecule has 0 spiro atoms. The van der Waals surface area contributed by atoms with Gasteiger partial charge in [0.1, 0.15) is 0 Å². The zero-order valence-corrected chi connectivity index (χ0v) is 22.2. The van der Waals surface area contributed by atoms with E-state index in [1.165, 1.54) is 37.6 Å². The van der Waals surface area contributed by atoms with Gasteiger partial charge in [0.2, 0.25) is 0 Å². The van der Waals surface area contributed by atoms with Crippen molar-refractivity contribution in [2.24, 2.45) is 0 Å². The van der Waals surface area contributed by atoms with Gasteiger partial charge in [0.25, 0.3) is 0 Å². The summed E-state index contributed by atoms with van der Waals surface area (Å²) in [5, 5.41) is 0. The average molecular weight is 545 g/mol. The first-order chi connectivity index (χ1) is 15.4. The van der Waals surface area contributed by atoms with Crippen molar-refractivity contribution in [2.75, 3.05) is 34.5 Å². The van der Waals surface area contributed by atoms with Gasteiger partial charge in [0, 0.05) is 0 Å². The molecule has 1 atom stereocenters. The molecule has 5 heteroatoms. The van der Waals surface area contributed by atoms with Crippen molar-refractivity contribution >= 4 is 36.2 Å². The Labute approximate surface area is 206 Å². The van der Waals surface area contributed by atoms with Crippen LogP contribution in [0.15, 0.2) is 42.5 Å². The van der Waals surface area contributed by atoms with Crippen LogP contribution in [0.5, 0.6) is 0 Å². The molecule has 1 saturated heterocycles. The molecular weight excluding hydrogens is 510 g/mol. The van der Waals surface area contributed by atoms with Crippen LogP contribution in [-0.2, 0) is 18.2 Å². The number of nitrogens with zero attached hydrogens (tertiary/aromatic N) is 3. The third kappa shape index (κ3) is 3.98. The fourth-order valence-corrected chi connectivity index (χ4v) is 6.76. The van der Waals surface area contributed by atoms with E-state index in [1.54, 1.807) is 0 Å². The zero-order valence-electron chi connectivity index (χ0n) is 20.0. The van der Waals surface area contributed by atoms with Crippen LogP contribution < -0.4 is 14.7 Å². The molecule has 0 amide bonds. The molecule has 2 aliphatic heterocycles. The molecule has 1 fully saturated rings. The van der Waals surface area contributed by atoms with Gasteiger partial charge >= 0.3 is 207 Å². The Hall–Kier alpha value is -1.52. The molecule has 0 aliphatic carbocycles. The molecule has 2 aromatic carbocycles. The van der Waals surface area contributed by atoms with E-state index in [9.17, 15) is 0 Å². The minimum atomic E-state index is 0.205. The summed E-state index contributed by atoms with van der Waals surface area (Å²) in [4.78, 5) is 7.55. The molecule has 178 valence electrons. The average Bonchev–Trinajstić information content (AvgIpc) is 3.17. The SMILES string of the molecule is CCN(CC)c1cccc2c1N1CN(c3c(C(C)C)cccc3C(C)C)[C](=[Ag-2][Cl])C1C=C2. The van der Waals surface area contributed by atoms with Gasteiger partial charge in [-0.2, -0.15) is 0 Å². The quantitative estimate of drug-likeness (QED) is 0.369. The fraction of sp³-hybridized carbons (Fsp3) is 0.444. The number of para-hydroxylation sites is 2. The summed E-state index contributed by atoms with van der Waals surface area (Å²) in [6.45, 7) is 16.5. The molecule has 32 heavy (non-hydrogen) atoms. The molecule has 4 rings (SSSR count). The maximum absolute atomic E-state index is 6.70. The van der Waals surface area contributed by atoms with Gasteiger partial charge < -0.3 is 0 Å². The summed E-state index contributed by atoms with van der Waals surface area (Å²) in [5.41, 5.74) is 8.14. The van der Waals surface area contributed by atoms with Crippen molar-refractivity contribution < 1.29 is 18.2 Å². The number of hydrogen-bond donors (Lipinski definition) is 0. The van der Waals surface area contributed by atoms with Crippen molar-refractivity contribution in [3.63, 3.8) is 0 Å². The second kappa shape index (κ2) is 9.77. The van der Waals surface area contributed by atoms with E-state index in [0.717, 1.165) is 19.8 Å². The number of benzene rings is 2. The Morgan fingerprint density at radius 3 is 2.16 bits per heavy atom. The molecule has 0 saturated carbocycles. The Morgan fingerprint density at radius 1 is 0.969 bits per heavy atom. The maximum atomic E-state index is 6.70. The summed E-state index contributed by atoms with van der Waals surface area (Å²) >= 11 is 0.222.